The molecule has 0 aliphatic carbocycles. The molecule has 2 rings (SSSR count). The summed E-state index contributed by atoms with van der Waals surface area (Å²) in [5.41, 5.74) is 1.23. The predicted molar refractivity (Wildman–Crippen MR) is 71.5 cm³/mol. The molecule has 0 aromatic heterocycles. The number of phenols is 1. The zero-order valence-electron chi connectivity index (χ0n) is 9.97. The van der Waals surface area contributed by atoms with Crippen LogP contribution in [0.3, 0.4) is 0 Å². The second-order valence-electron chi connectivity index (χ2n) is 4.55. The molecule has 0 bridgehead atoms. The summed E-state index contributed by atoms with van der Waals surface area (Å²) in [7, 11) is 0. The van der Waals surface area contributed by atoms with E-state index in [1.165, 1.54) is 5.56 Å². The summed E-state index contributed by atoms with van der Waals surface area (Å²) in [6.07, 6.45) is 0.281. The number of halogens is 1. The number of alkyl halides is 1. The van der Waals surface area contributed by atoms with Gasteiger partial charge in [-0.25, -0.2) is 0 Å². The van der Waals surface area contributed by atoms with Crippen LogP contribution < -0.4 is 0 Å². The van der Waals surface area contributed by atoms with Crippen molar-refractivity contribution in [2.24, 2.45) is 0 Å². The number of rotatable bonds is 3. The van der Waals surface area contributed by atoms with Crippen molar-refractivity contribution in [3.63, 3.8) is 0 Å². The van der Waals surface area contributed by atoms with Crippen LogP contribution in [0, 0.1) is 0 Å². The van der Waals surface area contributed by atoms with Gasteiger partial charge in [0.2, 0.25) is 0 Å². The number of benzene rings is 1. The number of ether oxygens (including phenoxy) is 1. The van der Waals surface area contributed by atoms with Gasteiger partial charge in [-0.2, -0.15) is 0 Å². The Hall–Kier alpha value is -0.580. The molecule has 1 saturated heterocycles. The first-order chi connectivity index (χ1) is 8.19. The van der Waals surface area contributed by atoms with Gasteiger partial charge in [0.05, 0.1) is 12.7 Å². The third-order valence-corrected chi connectivity index (χ3v) is 3.85. The summed E-state index contributed by atoms with van der Waals surface area (Å²) >= 11 is 3.47. The van der Waals surface area contributed by atoms with E-state index in [0.29, 0.717) is 11.8 Å². The van der Waals surface area contributed by atoms with E-state index in [1.54, 1.807) is 12.1 Å². The Morgan fingerprint density at radius 2 is 2.12 bits per heavy atom. The fraction of sp³-hybridized carbons (Fsp3) is 0.538. The summed E-state index contributed by atoms with van der Waals surface area (Å²) < 4.78 is 5.70. The highest BCUT2D eigenvalue weighted by Gasteiger charge is 2.25. The topological polar surface area (TPSA) is 32.7 Å². The van der Waals surface area contributed by atoms with Crippen molar-refractivity contribution < 1.29 is 9.84 Å². The van der Waals surface area contributed by atoms with E-state index in [2.05, 4.69) is 27.8 Å². The fourth-order valence-electron chi connectivity index (χ4n) is 2.02. The second kappa shape index (κ2) is 5.85. The summed E-state index contributed by atoms with van der Waals surface area (Å²) in [6, 6.07) is 7.87. The highest BCUT2D eigenvalue weighted by atomic mass is 79.9. The number of hydrogen-bond acceptors (Lipinski definition) is 3. The lowest BCUT2D eigenvalue weighted by Gasteiger charge is -2.37. The van der Waals surface area contributed by atoms with Gasteiger partial charge >= 0.3 is 0 Å². The van der Waals surface area contributed by atoms with Gasteiger partial charge in [0.1, 0.15) is 5.75 Å². The summed E-state index contributed by atoms with van der Waals surface area (Å²) in [4.78, 5) is 2.42. The van der Waals surface area contributed by atoms with Crippen molar-refractivity contribution in [2.45, 2.75) is 25.6 Å². The third kappa shape index (κ3) is 3.44. The van der Waals surface area contributed by atoms with Crippen molar-refractivity contribution in [2.75, 3.05) is 18.5 Å². The lowest BCUT2D eigenvalue weighted by molar-refractivity contribution is -0.0499. The minimum atomic E-state index is 0.281. The molecule has 1 aromatic carbocycles. The molecule has 4 heteroatoms. The van der Waals surface area contributed by atoms with Gasteiger partial charge in [-0.05, 0) is 24.6 Å². The van der Waals surface area contributed by atoms with Gasteiger partial charge in [-0.3, -0.25) is 4.90 Å². The molecule has 1 fully saturated rings. The van der Waals surface area contributed by atoms with E-state index in [1.807, 2.05) is 12.1 Å². The number of hydrogen-bond donors (Lipinski definition) is 1. The molecule has 1 N–H and O–H groups in total. The summed E-state index contributed by atoms with van der Waals surface area (Å²) in [5, 5.41) is 10.1. The lowest BCUT2D eigenvalue weighted by atomic mass is 10.1. The van der Waals surface area contributed by atoms with Gasteiger partial charge < -0.3 is 9.84 Å². The SMILES string of the molecule is CC1COC(CBr)CN1Cc1ccc(O)cc1. The smallest absolute Gasteiger partial charge is 0.115 e. The average molecular weight is 300 g/mol. The van der Waals surface area contributed by atoms with Crippen molar-refractivity contribution in [3.8, 4) is 5.75 Å². The van der Waals surface area contributed by atoms with Gasteiger partial charge in [-0.1, -0.05) is 28.1 Å². The van der Waals surface area contributed by atoms with E-state index in [0.717, 1.165) is 25.0 Å². The average Bonchev–Trinajstić information content (AvgIpc) is 2.35. The van der Waals surface area contributed by atoms with E-state index in [-0.39, 0.29) is 6.10 Å². The van der Waals surface area contributed by atoms with Crippen LogP contribution in [0.15, 0.2) is 24.3 Å². The maximum Gasteiger partial charge on any atom is 0.115 e. The predicted octanol–water partition coefficient (Wildman–Crippen LogP) is 2.38. The number of phenolic OH excluding ortho intramolecular Hbond substituents is 1. The summed E-state index contributed by atoms with van der Waals surface area (Å²) in [5.74, 6) is 0.321. The van der Waals surface area contributed by atoms with Gasteiger partial charge in [0.15, 0.2) is 0 Å². The first-order valence-electron chi connectivity index (χ1n) is 5.88. The largest absolute Gasteiger partial charge is 0.508 e. The van der Waals surface area contributed by atoms with E-state index in [4.69, 9.17) is 4.74 Å². The fourth-order valence-corrected chi connectivity index (χ4v) is 2.42. The van der Waals surface area contributed by atoms with Gasteiger partial charge in [0, 0.05) is 24.5 Å². The van der Waals surface area contributed by atoms with Crippen molar-refractivity contribution in [1.29, 1.82) is 0 Å². The van der Waals surface area contributed by atoms with E-state index in [9.17, 15) is 5.11 Å². The molecule has 94 valence electrons. The molecule has 1 heterocycles. The maximum atomic E-state index is 9.25. The standard InChI is InChI=1S/C13H18BrNO2/c1-10-9-17-13(6-14)8-15(10)7-11-2-4-12(16)5-3-11/h2-5,10,13,16H,6-9H2,1H3. The molecule has 0 saturated carbocycles. The summed E-state index contributed by atoms with van der Waals surface area (Å²) in [6.45, 7) is 4.83. The van der Waals surface area contributed by atoms with Crippen molar-refractivity contribution in [3.05, 3.63) is 29.8 Å². The van der Waals surface area contributed by atoms with Crippen molar-refractivity contribution in [1.82, 2.24) is 4.90 Å². The van der Waals surface area contributed by atoms with Crippen LogP contribution in [0.5, 0.6) is 5.75 Å². The van der Waals surface area contributed by atoms with E-state index >= 15 is 0 Å². The van der Waals surface area contributed by atoms with Gasteiger partial charge in [0.25, 0.3) is 0 Å². The molecule has 1 aliphatic heterocycles. The number of morpholine rings is 1. The molecule has 2 atom stereocenters. The van der Waals surface area contributed by atoms with Crippen LogP contribution in [-0.2, 0) is 11.3 Å². The highest BCUT2D eigenvalue weighted by molar-refractivity contribution is 9.09. The normalized spacial score (nSPS) is 26.0. The van der Waals surface area contributed by atoms with Crippen molar-refractivity contribution >= 4 is 15.9 Å². The Balaban J connectivity index is 1.98. The van der Waals surface area contributed by atoms with Crippen LogP contribution in [-0.4, -0.2) is 40.6 Å². The van der Waals surface area contributed by atoms with E-state index < -0.39 is 0 Å². The Bertz CT molecular complexity index is 355. The highest BCUT2D eigenvalue weighted by Crippen LogP contribution is 2.18. The Kier molecular flexibility index (Phi) is 4.42. The first-order valence-corrected chi connectivity index (χ1v) is 7.00. The van der Waals surface area contributed by atoms with Crippen LogP contribution >= 0.6 is 15.9 Å². The molecule has 1 aromatic rings. The molecule has 17 heavy (non-hydrogen) atoms. The zero-order valence-corrected chi connectivity index (χ0v) is 11.6. The van der Waals surface area contributed by atoms with Crippen LogP contribution in [0.2, 0.25) is 0 Å². The molecule has 3 nitrogen and oxygen atoms in total. The van der Waals surface area contributed by atoms with Crippen LogP contribution in [0.25, 0.3) is 0 Å². The molecule has 1 aliphatic rings. The minimum Gasteiger partial charge on any atom is -0.508 e. The molecular weight excluding hydrogens is 282 g/mol. The van der Waals surface area contributed by atoms with Gasteiger partial charge in [-0.15, -0.1) is 0 Å². The molecule has 0 spiro atoms. The Morgan fingerprint density at radius 1 is 1.41 bits per heavy atom. The Morgan fingerprint density at radius 3 is 2.76 bits per heavy atom. The van der Waals surface area contributed by atoms with Crippen LogP contribution in [0.4, 0.5) is 0 Å². The number of nitrogens with zero attached hydrogens (tertiary/aromatic N) is 1. The quantitative estimate of drug-likeness (QED) is 0.870. The molecule has 2 unspecified atom stereocenters. The Labute approximate surface area is 111 Å². The molecule has 0 radical (unpaired) electrons. The zero-order chi connectivity index (χ0) is 12.3. The maximum absolute atomic E-state index is 9.25. The minimum absolute atomic E-state index is 0.281. The molecule has 0 amide bonds. The second-order valence-corrected chi connectivity index (χ2v) is 5.20. The monoisotopic (exact) mass is 299 g/mol. The van der Waals surface area contributed by atoms with Crippen LogP contribution in [0.1, 0.15) is 12.5 Å². The molecular formula is C13H18BrNO2. The lowest BCUT2D eigenvalue weighted by Crippen LogP contribution is -2.48. The first kappa shape index (κ1) is 12.9. The third-order valence-electron chi connectivity index (χ3n) is 3.13. The number of aromatic hydroxyl groups is 1.